The number of nitrogens with zero attached hydrogens (tertiary/aromatic N) is 2. The second-order valence-electron chi connectivity index (χ2n) is 2.97. The number of aliphatic hydroxyl groups excluding tert-OH is 1. The van der Waals surface area contributed by atoms with Crippen molar-refractivity contribution in [2.75, 3.05) is 11.5 Å². The molecule has 7 heteroatoms. The molecule has 14 heavy (non-hydrogen) atoms. The van der Waals surface area contributed by atoms with Gasteiger partial charge in [-0.05, 0) is 15.9 Å². The van der Waals surface area contributed by atoms with Crippen molar-refractivity contribution in [1.82, 2.24) is 9.55 Å². The zero-order chi connectivity index (χ0) is 10.3. The van der Waals surface area contributed by atoms with E-state index in [1.165, 1.54) is 16.3 Å². The summed E-state index contributed by atoms with van der Waals surface area (Å²) in [5.74, 6) is 0.748. The van der Waals surface area contributed by atoms with E-state index in [1.807, 2.05) is 0 Å². The summed E-state index contributed by atoms with van der Waals surface area (Å²) in [6, 6.07) is 0. The summed E-state index contributed by atoms with van der Waals surface area (Å²) in [5.41, 5.74) is 5.29. The standard InChI is InChI=1S/C7H8BrN3O2S/c8-4-5(9)10-7-11(6(4)13)1-3(12)2-14-7/h3,12H,1-2,9H2. The van der Waals surface area contributed by atoms with Gasteiger partial charge in [-0.25, -0.2) is 4.98 Å². The van der Waals surface area contributed by atoms with E-state index in [4.69, 9.17) is 5.73 Å². The second-order valence-corrected chi connectivity index (χ2v) is 4.75. The van der Waals surface area contributed by atoms with Crippen LogP contribution in [-0.2, 0) is 6.54 Å². The number of thioether (sulfide) groups is 1. The molecule has 1 aliphatic rings. The molecule has 0 fully saturated rings. The molecule has 0 aliphatic carbocycles. The number of fused-ring (bicyclic) bond motifs is 1. The molecule has 0 bridgehead atoms. The molecule has 3 N–H and O–H groups in total. The average Bonchev–Trinajstić information content (AvgIpc) is 2.16. The van der Waals surface area contributed by atoms with Gasteiger partial charge < -0.3 is 10.8 Å². The van der Waals surface area contributed by atoms with Crippen LogP contribution < -0.4 is 11.3 Å². The van der Waals surface area contributed by atoms with Gasteiger partial charge in [0.25, 0.3) is 5.56 Å². The third kappa shape index (κ3) is 1.55. The van der Waals surface area contributed by atoms with Gasteiger partial charge in [-0.3, -0.25) is 9.36 Å². The van der Waals surface area contributed by atoms with E-state index in [-0.39, 0.29) is 22.4 Å². The van der Waals surface area contributed by atoms with E-state index < -0.39 is 6.10 Å². The minimum atomic E-state index is -0.498. The van der Waals surface area contributed by atoms with Crippen molar-refractivity contribution in [2.45, 2.75) is 17.8 Å². The number of nitrogens with two attached hydrogens (primary N) is 1. The van der Waals surface area contributed by atoms with E-state index in [0.717, 1.165) is 0 Å². The lowest BCUT2D eigenvalue weighted by Crippen LogP contribution is -2.34. The molecule has 0 spiro atoms. The highest BCUT2D eigenvalue weighted by Crippen LogP contribution is 2.24. The van der Waals surface area contributed by atoms with Gasteiger partial charge in [0.2, 0.25) is 0 Å². The summed E-state index contributed by atoms with van der Waals surface area (Å²) in [4.78, 5) is 15.7. The van der Waals surface area contributed by atoms with Gasteiger partial charge in [-0.15, -0.1) is 0 Å². The minimum Gasteiger partial charge on any atom is -0.390 e. The maximum Gasteiger partial charge on any atom is 0.270 e. The summed E-state index contributed by atoms with van der Waals surface area (Å²) in [6.07, 6.45) is -0.498. The first-order chi connectivity index (χ1) is 6.59. The Morgan fingerprint density at radius 2 is 2.43 bits per heavy atom. The van der Waals surface area contributed by atoms with Crippen LogP contribution in [0.1, 0.15) is 0 Å². The quantitative estimate of drug-likeness (QED) is 0.656. The van der Waals surface area contributed by atoms with Gasteiger partial charge >= 0.3 is 0 Å². The third-order valence-electron chi connectivity index (χ3n) is 1.90. The zero-order valence-electron chi connectivity index (χ0n) is 7.11. The summed E-state index contributed by atoms with van der Waals surface area (Å²) in [6.45, 7) is 0.285. The van der Waals surface area contributed by atoms with E-state index >= 15 is 0 Å². The molecule has 1 atom stereocenters. The predicted octanol–water partition coefficient (Wildman–Crippen LogP) is 0.0546. The molecular formula is C7H8BrN3O2S. The van der Waals surface area contributed by atoms with Crippen LogP contribution in [0.5, 0.6) is 0 Å². The molecule has 2 heterocycles. The first-order valence-electron chi connectivity index (χ1n) is 3.96. The van der Waals surface area contributed by atoms with Gasteiger partial charge in [0.1, 0.15) is 10.3 Å². The van der Waals surface area contributed by atoms with E-state index in [0.29, 0.717) is 10.9 Å². The number of hydrogen-bond acceptors (Lipinski definition) is 5. The van der Waals surface area contributed by atoms with Crippen molar-refractivity contribution in [3.05, 3.63) is 14.8 Å². The van der Waals surface area contributed by atoms with Crippen molar-refractivity contribution in [3.8, 4) is 0 Å². The van der Waals surface area contributed by atoms with Gasteiger partial charge in [0, 0.05) is 5.75 Å². The molecule has 0 saturated heterocycles. The lowest BCUT2D eigenvalue weighted by Gasteiger charge is -2.21. The number of rotatable bonds is 0. The van der Waals surface area contributed by atoms with Crippen molar-refractivity contribution in [2.24, 2.45) is 0 Å². The fourth-order valence-corrected chi connectivity index (χ4v) is 2.46. The van der Waals surface area contributed by atoms with Crippen LogP contribution in [0.4, 0.5) is 5.82 Å². The fourth-order valence-electron chi connectivity index (χ4n) is 1.23. The SMILES string of the molecule is Nc1nc2n(c(=O)c1Br)CC(O)CS2. The Morgan fingerprint density at radius 1 is 1.71 bits per heavy atom. The van der Waals surface area contributed by atoms with E-state index in [9.17, 15) is 9.90 Å². The zero-order valence-corrected chi connectivity index (χ0v) is 9.51. The molecule has 1 aliphatic heterocycles. The number of nitrogen functional groups attached to an aromatic ring is 1. The fraction of sp³-hybridized carbons (Fsp3) is 0.429. The lowest BCUT2D eigenvalue weighted by molar-refractivity contribution is 0.167. The Hall–Kier alpha value is -0.530. The van der Waals surface area contributed by atoms with E-state index in [1.54, 1.807) is 0 Å². The molecular weight excluding hydrogens is 270 g/mol. The first-order valence-corrected chi connectivity index (χ1v) is 5.74. The summed E-state index contributed by atoms with van der Waals surface area (Å²) >= 11 is 4.40. The first kappa shape index (κ1) is 10.0. The van der Waals surface area contributed by atoms with Gasteiger partial charge in [0.15, 0.2) is 5.16 Å². The van der Waals surface area contributed by atoms with Crippen LogP contribution in [0, 0.1) is 0 Å². The summed E-state index contributed by atoms with van der Waals surface area (Å²) in [7, 11) is 0. The normalized spacial score (nSPS) is 20.6. The molecule has 1 unspecified atom stereocenters. The largest absolute Gasteiger partial charge is 0.390 e. The molecule has 5 nitrogen and oxygen atoms in total. The van der Waals surface area contributed by atoms with Crippen LogP contribution in [0.2, 0.25) is 0 Å². The maximum atomic E-state index is 11.7. The van der Waals surface area contributed by atoms with Gasteiger partial charge in [-0.1, -0.05) is 11.8 Å². The molecule has 0 saturated carbocycles. The highest BCUT2D eigenvalue weighted by molar-refractivity contribution is 9.10. The summed E-state index contributed by atoms with van der Waals surface area (Å²) in [5, 5.41) is 9.96. The maximum absolute atomic E-state index is 11.7. The van der Waals surface area contributed by atoms with Crippen molar-refractivity contribution < 1.29 is 5.11 Å². The molecule has 0 aromatic carbocycles. The average molecular weight is 278 g/mol. The van der Waals surface area contributed by atoms with Crippen LogP contribution in [0.15, 0.2) is 14.4 Å². The highest BCUT2D eigenvalue weighted by Gasteiger charge is 2.21. The molecule has 0 amide bonds. The number of aromatic nitrogens is 2. The van der Waals surface area contributed by atoms with Crippen molar-refractivity contribution in [1.29, 1.82) is 0 Å². The Kier molecular flexibility index (Phi) is 2.54. The van der Waals surface area contributed by atoms with Gasteiger partial charge in [-0.2, -0.15) is 0 Å². The molecule has 0 radical (unpaired) electrons. The van der Waals surface area contributed by atoms with Crippen LogP contribution in [0.3, 0.4) is 0 Å². The molecule has 76 valence electrons. The van der Waals surface area contributed by atoms with Crippen LogP contribution >= 0.6 is 27.7 Å². The second kappa shape index (κ2) is 3.56. The molecule has 1 aromatic heterocycles. The lowest BCUT2D eigenvalue weighted by atomic mass is 10.4. The predicted molar refractivity (Wildman–Crippen MR) is 57.3 cm³/mol. The topological polar surface area (TPSA) is 81.1 Å². The number of anilines is 1. The monoisotopic (exact) mass is 277 g/mol. The smallest absolute Gasteiger partial charge is 0.270 e. The minimum absolute atomic E-state index is 0.199. The Balaban J connectivity index is 2.61. The molecule has 2 rings (SSSR count). The number of hydrogen-bond donors (Lipinski definition) is 2. The number of aliphatic hydroxyl groups is 1. The number of halogens is 1. The van der Waals surface area contributed by atoms with Gasteiger partial charge in [0.05, 0.1) is 12.6 Å². The highest BCUT2D eigenvalue weighted by atomic mass is 79.9. The Labute approximate surface area is 92.5 Å². The Bertz CT molecular complexity index is 434. The van der Waals surface area contributed by atoms with Crippen LogP contribution in [0.25, 0.3) is 0 Å². The van der Waals surface area contributed by atoms with Crippen molar-refractivity contribution >= 4 is 33.5 Å². The van der Waals surface area contributed by atoms with Crippen LogP contribution in [-0.4, -0.2) is 26.5 Å². The third-order valence-corrected chi connectivity index (χ3v) is 3.77. The molecule has 1 aromatic rings. The summed E-state index contributed by atoms with van der Waals surface area (Å²) < 4.78 is 1.69. The Morgan fingerprint density at radius 3 is 3.14 bits per heavy atom. The van der Waals surface area contributed by atoms with Crippen molar-refractivity contribution in [3.63, 3.8) is 0 Å². The van der Waals surface area contributed by atoms with E-state index in [2.05, 4.69) is 20.9 Å².